The quantitative estimate of drug-likeness (QED) is 0.634. The van der Waals surface area contributed by atoms with Crippen LogP contribution in [0.5, 0.6) is 0 Å². The highest BCUT2D eigenvalue weighted by Crippen LogP contribution is 2.06. The largest absolute Gasteiger partial charge is 0.357 e. The summed E-state index contributed by atoms with van der Waals surface area (Å²) in [6, 6.07) is 13.1. The standard InChI is InChI=1S/C18H21F2N3/c1-2-21-18(23-13-14-6-5-8-16(19)12-14)22-11-10-15-7-3-4-9-17(15)20/h3-9,12H,2,10-11,13H2,1H3,(H2,21,22,23). The monoisotopic (exact) mass is 317 g/mol. The van der Waals surface area contributed by atoms with Gasteiger partial charge in [-0.1, -0.05) is 30.3 Å². The molecule has 0 aliphatic heterocycles. The van der Waals surface area contributed by atoms with E-state index in [-0.39, 0.29) is 11.6 Å². The Bertz CT molecular complexity index is 656. The van der Waals surface area contributed by atoms with Crippen molar-refractivity contribution in [2.24, 2.45) is 4.99 Å². The lowest BCUT2D eigenvalue weighted by molar-refractivity contribution is 0.606. The summed E-state index contributed by atoms with van der Waals surface area (Å²) in [6.07, 6.45) is 0.567. The molecular weight excluding hydrogens is 296 g/mol. The third-order valence-corrected chi connectivity index (χ3v) is 3.30. The van der Waals surface area contributed by atoms with Gasteiger partial charge in [0.05, 0.1) is 6.54 Å². The molecule has 0 radical (unpaired) electrons. The fourth-order valence-corrected chi connectivity index (χ4v) is 2.16. The second kappa shape index (κ2) is 8.88. The van der Waals surface area contributed by atoms with E-state index < -0.39 is 0 Å². The zero-order valence-electron chi connectivity index (χ0n) is 13.2. The summed E-state index contributed by atoms with van der Waals surface area (Å²) in [5, 5.41) is 6.28. The second-order valence-corrected chi connectivity index (χ2v) is 5.09. The molecule has 0 bridgehead atoms. The Morgan fingerprint density at radius 1 is 1.04 bits per heavy atom. The normalized spacial score (nSPS) is 11.3. The molecule has 2 aromatic carbocycles. The minimum Gasteiger partial charge on any atom is -0.357 e. The molecule has 0 fully saturated rings. The molecule has 3 nitrogen and oxygen atoms in total. The van der Waals surface area contributed by atoms with Gasteiger partial charge in [0.25, 0.3) is 0 Å². The minimum atomic E-state index is -0.268. The predicted molar refractivity (Wildman–Crippen MR) is 89.3 cm³/mol. The third-order valence-electron chi connectivity index (χ3n) is 3.30. The molecule has 122 valence electrons. The number of aliphatic imine (C=N–C) groups is 1. The molecule has 0 amide bonds. The number of nitrogens with one attached hydrogen (secondary N) is 2. The van der Waals surface area contributed by atoms with E-state index in [4.69, 9.17) is 0 Å². The number of rotatable bonds is 6. The van der Waals surface area contributed by atoms with Crippen LogP contribution in [0.1, 0.15) is 18.1 Å². The van der Waals surface area contributed by atoms with E-state index in [0.717, 1.165) is 5.56 Å². The number of guanidine groups is 1. The molecular formula is C18H21F2N3. The van der Waals surface area contributed by atoms with Gasteiger partial charge in [0.1, 0.15) is 11.6 Å². The summed E-state index contributed by atoms with van der Waals surface area (Å²) < 4.78 is 26.7. The Labute approximate surface area is 135 Å². The van der Waals surface area contributed by atoms with E-state index in [1.807, 2.05) is 19.1 Å². The molecule has 0 unspecified atom stereocenters. The zero-order chi connectivity index (χ0) is 16.5. The second-order valence-electron chi connectivity index (χ2n) is 5.09. The van der Waals surface area contributed by atoms with Crippen molar-refractivity contribution in [2.45, 2.75) is 19.9 Å². The van der Waals surface area contributed by atoms with Crippen LogP contribution in [0.4, 0.5) is 8.78 Å². The lowest BCUT2D eigenvalue weighted by Gasteiger charge is -2.11. The van der Waals surface area contributed by atoms with Crippen molar-refractivity contribution in [3.63, 3.8) is 0 Å². The number of halogens is 2. The molecule has 2 N–H and O–H groups in total. The van der Waals surface area contributed by atoms with Gasteiger partial charge in [-0.15, -0.1) is 0 Å². The Kier molecular flexibility index (Phi) is 6.54. The van der Waals surface area contributed by atoms with Crippen LogP contribution in [0, 0.1) is 11.6 Å². The SMILES string of the molecule is CCNC(=NCc1cccc(F)c1)NCCc1ccccc1F. The number of hydrogen-bond donors (Lipinski definition) is 2. The topological polar surface area (TPSA) is 36.4 Å². The van der Waals surface area contributed by atoms with Gasteiger partial charge in [0.15, 0.2) is 5.96 Å². The first kappa shape index (κ1) is 16.9. The fourth-order valence-electron chi connectivity index (χ4n) is 2.16. The van der Waals surface area contributed by atoms with Crippen molar-refractivity contribution in [2.75, 3.05) is 13.1 Å². The van der Waals surface area contributed by atoms with Crippen LogP contribution in [0.3, 0.4) is 0 Å². The van der Waals surface area contributed by atoms with Gasteiger partial charge in [-0.2, -0.15) is 0 Å². The van der Waals surface area contributed by atoms with Crippen LogP contribution in [-0.4, -0.2) is 19.0 Å². The molecule has 23 heavy (non-hydrogen) atoms. The molecule has 2 aromatic rings. The molecule has 0 aliphatic carbocycles. The maximum absolute atomic E-state index is 13.6. The summed E-state index contributed by atoms with van der Waals surface area (Å²) in [5.74, 6) is 0.166. The van der Waals surface area contributed by atoms with E-state index in [1.165, 1.54) is 18.2 Å². The molecule has 0 spiro atoms. The molecule has 2 rings (SSSR count). The number of nitrogens with zero attached hydrogens (tertiary/aromatic N) is 1. The molecule has 0 atom stereocenters. The molecule has 0 saturated carbocycles. The van der Waals surface area contributed by atoms with Crippen LogP contribution in [0.2, 0.25) is 0 Å². The molecule has 0 heterocycles. The minimum absolute atomic E-state index is 0.198. The van der Waals surface area contributed by atoms with Gasteiger partial charge in [-0.3, -0.25) is 0 Å². The molecule has 0 saturated heterocycles. The van der Waals surface area contributed by atoms with E-state index >= 15 is 0 Å². The van der Waals surface area contributed by atoms with Gasteiger partial charge in [-0.05, 0) is 42.7 Å². The lowest BCUT2D eigenvalue weighted by Crippen LogP contribution is -2.38. The average Bonchev–Trinajstić information content (AvgIpc) is 2.54. The predicted octanol–water partition coefficient (Wildman–Crippen LogP) is 3.26. The first-order valence-electron chi connectivity index (χ1n) is 7.69. The Morgan fingerprint density at radius 2 is 1.87 bits per heavy atom. The van der Waals surface area contributed by atoms with Gasteiger partial charge >= 0.3 is 0 Å². The number of hydrogen-bond acceptors (Lipinski definition) is 1. The smallest absolute Gasteiger partial charge is 0.191 e. The summed E-state index contributed by atoms with van der Waals surface area (Å²) in [6.45, 7) is 3.63. The van der Waals surface area contributed by atoms with Crippen LogP contribution >= 0.6 is 0 Å². The van der Waals surface area contributed by atoms with Crippen molar-refractivity contribution >= 4 is 5.96 Å². The summed E-state index contributed by atoms with van der Waals surface area (Å²) in [7, 11) is 0. The Balaban J connectivity index is 1.90. The summed E-state index contributed by atoms with van der Waals surface area (Å²) in [4.78, 5) is 4.41. The third kappa shape index (κ3) is 5.70. The van der Waals surface area contributed by atoms with Crippen LogP contribution < -0.4 is 10.6 Å². The highest BCUT2D eigenvalue weighted by atomic mass is 19.1. The van der Waals surface area contributed by atoms with E-state index in [2.05, 4.69) is 15.6 Å². The molecule has 5 heteroatoms. The van der Waals surface area contributed by atoms with Crippen molar-refractivity contribution in [1.29, 1.82) is 0 Å². The van der Waals surface area contributed by atoms with Crippen LogP contribution in [0.25, 0.3) is 0 Å². The lowest BCUT2D eigenvalue weighted by atomic mass is 10.1. The maximum Gasteiger partial charge on any atom is 0.191 e. The molecule has 0 aromatic heterocycles. The highest BCUT2D eigenvalue weighted by Gasteiger charge is 2.02. The summed E-state index contributed by atoms with van der Waals surface area (Å²) in [5.41, 5.74) is 1.47. The van der Waals surface area contributed by atoms with Crippen molar-refractivity contribution in [1.82, 2.24) is 10.6 Å². The van der Waals surface area contributed by atoms with Crippen LogP contribution in [-0.2, 0) is 13.0 Å². The highest BCUT2D eigenvalue weighted by molar-refractivity contribution is 5.79. The maximum atomic E-state index is 13.6. The van der Waals surface area contributed by atoms with Gasteiger partial charge in [-0.25, -0.2) is 13.8 Å². The Morgan fingerprint density at radius 3 is 2.61 bits per heavy atom. The van der Waals surface area contributed by atoms with Crippen molar-refractivity contribution in [3.8, 4) is 0 Å². The molecule has 0 aliphatic rings. The van der Waals surface area contributed by atoms with Gasteiger partial charge < -0.3 is 10.6 Å². The first-order chi connectivity index (χ1) is 11.2. The van der Waals surface area contributed by atoms with Gasteiger partial charge in [0.2, 0.25) is 0 Å². The van der Waals surface area contributed by atoms with E-state index in [0.29, 0.717) is 37.6 Å². The fraction of sp³-hybridized carbons (Fsp3) is 0.278. The van der Waals surface area contributed by atoms with Crippen LogP contribution in [0.15, 0.2) is 53.5 Å². The average molecular weight is 317 g/mol. The van der Waals surface area contributed by atoms with E-state index in [1.54, 1.807) is 18.2 Å². The zero-order valence-corrected chi connectivity index (χ0v) is 13.2. The first-order valence-corrected chi connectivity index (χ1v) is 7.69. The van der Waals surface area contributed by atoms with E-state index in [9.17, 15) is 8.78 Å². The van der Waals surface area contributed by atoms with Crippen molar-refractivity contribution < 1.29 is 8.78 Å². The summed E-state index contributed by atoms with van der Waals surface area (Å²) >= 11 is 0. The Hall–Kier alpha value is -2.43. The number of benzene rings is 2. The van der Waals surface area contributed by atoms with Crippen molar-refractivity contribution in [3.05, 3.63) is 71.3 Å². The van der Waals surface area contributed by atoms with Gasteiger partial charge in [0, 0.05) is 13.1 Å².